The number of fused-ring (bicyclic) bond motifs is 1. The van der Waals surface area contributed by atoms with E-state index >= 15 is 0 Å². The molecular formula is C19H13FN2O2. The van der Waals surface area contributed by atoms with Crippen LogP contribution in [0, 0.1) is 12.7 Å². The molecule has 0 bridgehead atoms. The van der Waals surface area contributed by atoms with Crippen molar-refractivity contribution in [2.24, 2.45) is 0 Å². The van der Waals surface area contributed by atoms with Gasteiger partial charge in [-0.05, 0) is 54.4 Å². The van der Waals surface area contributed by atoms with Crippen LogP contribution >= 0.6 is 0 Å². The van der Waals surface area contributed by atoms with Gasteiger partial charge in [0, 0.05) is 17.3 Å². The van der Waals surface area contributed by atoms with Crippen molar-refractivity contribution in [2.75, 3.05) is 0 Å². The number of hydrogen-bond donors (Lipinski definition) is 1. The summed E-state index contributed by atoms with van der Waals surface area (Å²) in [4.78, 5) is 18.4. The van der Waals surface area contributed by atoms with E-state index in [-0.39, 0.29) is 5.82 Å². The third kappa shape index (κ3) is 2.40. The van der Waals surface area contributed by atoms with Crippen molar-refractivity contribution in [2.45, 2.75) is 6.92 Å². The number of nitrogens with zero attached hydrogens (tertiary/aromatic N) is 1. The minimum Gasteiger partial charge on any atom is -0.408 e. The van der Waals surface area contributed by atoms with Crippen LogP contribution < -0.4 is 5.76 Å². The molecule has 0 radical (unpaired) electrons. The summed E-state index contributed by atoms with van der Waals surface area (Å²) >= 11 is 0. The first-order valence-electron chi connectivity index (χ1n) is 7.46. The highest BCUT2D eigenvalue weighted by molar-refractivity contribution is 5.86. The van der Waals surface area contributed by atoms with Gasteiger partial charge in [0.25, 0.3) is 0 Å². The standard InChI is InChI=1S/C19H13FN2O2/c1-11-9-13(4-6-15(11)20)18-14(3-2-8-21-18)12-5-7-16-17(10-12)24-19(23)22-16/h2-10H,1H3,(H,22,23). The Morgan fingerprint density at radius 3 is 2.75 bits per heavy atom. The number of rotatable bonds is 2. The molecule has 0 fully saturated rings. The van der Waals surface area contributed by atoms with Crippen molar-refractivity contribution in [1.82, 2.24) is 9.97 Å². The number of aromatic nitrogens is 2. The highest BCUT2D eigenvalue weighted by Gasteiger charge is 2.11. The van der Waals surface area contributed by atoms with Crippen molar-refractivity contribution in [1.29, 1.82) is 0 Å². The van der Waals surface area contributed by atoms with Crippen LogP contribution in [-0.2, 0) is 0 Å². The number of H-pyrrole nitrogens is 1. The fourth-order valence-electron chi connectivity index (χ4n) is 2.77. The van der Waals surface area contributed by atoms with E-state index in [4.69, 9.17) is 4.42 Å². The number of pyridine rings is 1. The maximum atomic E-state index is 13.5. The molecule has 0 aliphatic heterocycles. The van der Waals surface area contributed by atoms with Gasteiger partial charge in [0.2, 0.25) is 0 Å². The molecule has 1 N–H and O–H groups in total. The number of benzene rings is 2. The van der Waals surface area contributed by atoms with Gasteiger partial charge in [0.15, 0.2) is 5.58 Å². The van der Waals surface area contributed by atoms with Gasteiger partial charge in [-0.2, -0.15) is 0 Å². The Balaban J connectivity index is 1.91. The maximum absolute atomic E-state index is 13.5. The number of halogens is 1. The molecule has 118 valence electrons. The molecule has 4 rings (SSSR count). The monoisotopic (exact) mass is 320 g/mol. The predicted molar refractivity (Wildman–Crippen MR) is 90.2 cm³/mol. The van der Waals surface area contributed by atoms with Gasteiger partial charge in [0.05, 0.1) is 11.2 Å². The normalized spacial score (nSPS) is 11.1. The largest absolute Gasteiger partial charge is 0.417 e. The average molecular weight is 320 g/mol. The fourth-order valence-corrected chi connectivity index (χ4v) is 2.77. The first-order chi connectivity index (χ1) is 11.6. The van der Waals surface area contributed by atoms with Crippen molar-refractivity contribution in [3.8, 4) is 22.4 Å². The molecule has 0 unspecified atom stereocenters. The van der Waals surface area contributed by atoms with Gasteiger partial charge in [-0.15, -0.1) is 0 Å². The first kappa shape index (κ1) is 14.4. The van der Waals surface area contributed by atoms with E-state index in [1.807, 2.05) is 18.2 Å². The van der Waals surface area contributed by atoms with E-state index in [9.17, 15) is 9.18 Å². The lowest BCUT2D eigenvalue weighted by molar-refractivity contribution is 0.555. The first-order valence-corrected chi connectivity index (χ1v) is 7.46. The summed E-state index contributed by atoms with van der Waals surface area (Å²) in [5, 5.41) is 0. The second kappa shape index (κ2) is 5.45. The van der Waals surface area contributed by atoms with E-state index in [0.29, 0.717) is 16.7 Å². The van der Waals surface area contributed by atoms with Crippen LogP contribution in [0.3, 0.4) is 0 Å². The Labute approximate surface area is 136 Å². The van der Waals surface area contributed by atoms with Crippen molar-refractivity contribution >= 4 is 11.1 Å². The zero-order chi connectivity index (χ0) is 16.7. The summed E-state index contributed by atoms with van der Waals surface area (Å²) in [6.07, 6.45) is 1.70. The number of hydrogen-bond acceptors (Lipinski definition) is 3. The summed E-state index contributed by atoms with van der Waals surface area (Å²) in [6, 6.07) is 14.2. The van der Waals surface area contributed by atoms with E-state index in [1.54, 1.807) is 37.4 Å². The van der Waals surface area contributed by atoms with Gasteiger partial charge in [-0.1, -0.05) is 12.1 Å². The van der Waals surface area contributed by atoms with E-state index < -0.39 is 5.76 Å². The fraction of sp³-hybridized carbons (Fsp3) is 0.0526. The number of oxazole rings is 1. The van der Waals surface area contributed by atoms with Gasteiger partial charge in [-0.3, -0.25) is 9.97 Å². The van der Waals surface area contributed by atoms with Crippen LogP contribution in [0.1, 0.15) is 5.56 Å². The lowest BCUT2D eigenvalue weighted by Gasteiger charge is -2.10. The molecule has 0 aliphatic carbocycles. The van der Waals surface area contributed by atoms with Crippen LogP contribution in [-0.4, -0.2) is 9.97 Å². The number of nitrogens with one attached hydrogen (secondary N) is 1. The highest BCUT2D eigenvalue weighted by atomic mass is 19.1. The Hall–Kier alpha value is -3.21. The molecule has 2 aromatic heterocycles. The molecule has 2 aromatic carbocycles. The number of aryl methyl sites for hydroxylation is 1. The highest BCUT2D eigenvalue weighted by Crippen LogP contribution is 2.32. The minimum atomic E-state index is -0.484. The SMILES string of the molecule is Cc1cc(-c2ncccc2-c2ccc3[nH]c(=O)oc3c2)ccc1F. The van der Waals surface area contributed by atoms with Crippen LogP contribution in [0.5, 0.6) is 0 Å². The molecule has 0 aliphatic rings. The van der Waals surface area contributed by atoms with Crippen molar-refractivity contribution in [3.63, 3.8) is 0 Å². The lowest BCUT2D eigenvalue weighted by Crippen LogP contribution is -1.92. The van der Waals surface area contributed by atoms with Gasteiger partial charge >= 0.3 is 5.76 Å². The molecule has 0 saturated heterocycles. The zero-order valence-corrected chi connectivity index (χ0v) is 12.8. The van der Waals surface area contributed by atoms with E-state index in [1.165, 1.54) is 6.07 Å². The summed E-state index contributed by atoms with van der Waals surface area (Å²) in [7, 11) is 0. The molecule has 0 spiro atoms. The topological polar surface area (TPSA) is 58.9 Å². The maximum Gasteiger partial charge on any atom is 0.417 e. The summed E-state index contributed by atoms with van der Waals surface area (Å²) in [5.74, 6) is -0.727. The Kier molecular flexibility index (Phi) is 3.27. The van der Waals surface area contributed by atoms with Gasteiger partial charge in [-0.25, -0.2) is 9.18 Å². The molecule has 4 aromatic rings. The minimum absolute atomic E-state index is 0.244. The summed E-state index contributed by atoms with van der Waals surface area (Å²) in [5.41, 5.74) is 5.04. The second-order valence-electron chi connectivity index (χ2n) is 5.59. The molecule has 0 saturated carbocycles. The van der Waals surface area contributed by atoms with Crippen LogP contribution in [0.4, 0.5) is 4.39 Å². The van der Waals surface area contributed by atoms with Gasteiger partial charge < -0.3 is 4.42 Å². The Morgan fingerprint density at radius 1 is 1.08 bits per heavy atom. The second-order valence-corrected chi connectivity index (χ2v) is 5.59. The van der Waals surface area contributed by atoms with E-state index in [2.05, 4.69) is 9.97 Å². The Morgan fingerprint density at radius 2 is 1.92 bits per heavy atom. The number of aromatic amines is 1. The van der Waals surface area contributed by atoms with Crippen molar-refractivity contribution < 1.29 is 8.81 Å². The van der Waals surface area contributed by atoms with Crippen molar-refractivity contribution in [3.05, 3.63) is 76.7 Å². The van der Waals surface area contributed by atoms with Crippen LogP contribution in [0.15, 0.2) is 63.9 Å². The molecule has 0 atom stereocenters. The lowest BCUT2D eigenvalue weighted by atomic mass is 9.98. The molecule has 24 heavy (non-hydrogen) atoms. The summed E-state index contributed by atoms with van der Waals surface area (Å²) < 4.78 is 18.7. The quantitative estimate of drug-likeness (QED) is 0.599. The van der Waals surface area contributed by atoms with Crippen LogP contribution in [0.2, 0.25) is 0 Å². The Bertz CT molecular complexity index is 1110. The predicted octanol–water partition coefficient (Wildman–Crippen LogP) is 4.30. The average Bonchev–Trinajstić information content (AvgIpc) is 2.96. The van der Waals surface area contributed by atoms with Gasteiger partial charge in [0.1, 0.15) is 5.82 Å². The molecule has 0 amide bonds. The summed E-state index contributed by atoms with van der Waals surface area (Å²) in [6.45, 7) is 1.72. The third-order valence-electron chi connectivity index (χ3n) is 3.97. The molecule has 2 heterocycles. The zero-order valence-electron chi connectivity index (χ0n) is 12.8. The molecule has 4 nitrogen and oxygen atoms in total. The molecular weight excluding hydrogens is 307 g/mol. The van der Waals surface area contributed by atoms with E-state index in [0.717, 1.165) is 22.4 Å². The third-order valence-corrected chi connectivity index (χ3v) is 3.97. The smallest absolute Gasteiger partial charge is 0.408 e. The molecule has 5 heteroatoms. The van der Waals surface area contributed by atoms with Crippen LogP contribution in [0.25, 0.3) is 33.5 Å².